The fourth-order valence-electron chi connectivity index (χ4n) is 4.00. The summed E-state index contributed by atoms with van der Waals surface area (Å²) in [5.41, 5.74) is 3.48. The number of carbonyl (C=O) groups excluding carboxylic acids is 2. The van der Waals surface area contributed by atoms with Crippen molar-refractivity contribution in [2.75, 3.05) is 18.4 Å². The number of rotatable bonds is 5. The Labute approximate surface area is 181 Å². The van der Waals surface area contributed by atoms with Crippen molar-refractivity contribution in [3.05, 3.63) is 101 Å². The molecule has 1 saturated heterocycles. The Morgan fingerprint density at radius 2 is 1.65 bits per heavy atom. The van der Waals surface area contributed by atoms with Crippen LogP contribution in [0.25, 0.3) is 0 Å². The third-order valence-electron chi connectivity index (χ3n) is 5.68. The van der Waals surface area contributed by atoms with Crippen LogP contribution in [0, 0.1) is 11.7 Å². The van der Waals surface area contributed by atoms with E-state index >= 15 is 0 Å². The zero-order valence-corrected chi connectivity index (χ0v) is 17.3. The standard InChI is InChI=1S/C26H25FN2O2/c27-23-14-12-20(13-15-23)26(31)29-16-6-10-22(18-29)25(30)28-24-11-5-4-9-21(24)17-19-7-2-1-3-8-19/h1-5,7-9,11-15,22H,6,10,16-18H2,(H,28,30). The monoisotopic (exact) mass is 416 g/mol. The number of carbonyl (C=O) groups is 2. The molecule has 4 rings (SSSR count). The molecule has 1 fully saturated rings. The van der Waals surface area contributed by atoms with E-state index in [9.17, 15) is 14.0 Å². The maximum absolute atomic E-state index is 13.2. The summed E-state index contributed by atoms with van der Waals surface area (Å²) in [6.07, 6.45) is 2.23. The SMILES string of the molecule is O=C(Nc1ccccc1Cc1ccccc1)C1CCCN(C(=O)c2ccc(F)cc2)C1. The molecule has 0 aromatic heterocycles. The molecule has 1 N–H and O–H groups in total. The molecular formula is C26H25FN2O2. The van der Waals surface area contributed by atoms with E-state index in [1.165, 1.54) is 29.8 Å². The van der Waals surface area contributed by atoms with Crippen molar-refractivity contribution in [1.29, 1.82) is 0 Å². The Morgan fingerprint density at radius 3 is 2.42 bits per heavy atom. The molecule has 1 heterocycles. The van der Waals surface area contributed by atoms with E-state index in [1.807, 2.05) is 42.5 Å². The lowest BCUT2D eigenvalue weighted by molar-refractivity contribution is -0.121. The molecule has 31 heavy (non-hydrogen) atoms. The second kappa shape index (κ2) is 9.56. The highest BCUT2D eigenvalue weighted by molar-refractivity contribution is 5.96. The average Bonchev–Trinajstić information content (AvgIpc) is 2.81. The van der Waals surface area contributed by atoms with E-state index in [-0.39, 0.29) is 23.5 Å². The lowest BCUT2D eigenvalue weighted by Crippen LogP contribution is -2.43. The Morgan fingerprint density at radius 1 is 0.935 bits per heavy atom. The Hall–Kier alpha value is -3.47. The lowest BCUT2D eigenvalue weighted by Gasteiger charge is -2.32. The van der Waals surface area contributed by atoms with E-state index in [1.54, 1.807) is 4.90 Å². The summed E-state index contributed by atoms with van der Waals surface area (Å²) in [7, 11) is 0. The summed E-state index contributed by atoms with van der Waals surface area (Å²) in [6.45, 7) is 0.966. The molecule has 158 valence electrons. The minimum Gasteiger partial charge on any atom is -0.338 e. The molecule has 5 heteroatoms. The predicted molar refractivity (Wildman–Crippen MR) is 119 cm³/mol. The number of halogens is 1. The van der Waals surface area contributed by atoms with Crippen molar-refractivity contribution in [3.63, 3.8) is 0 Å². The molecule has 0 bridgehead atoms. The molecule has 1 aliphatic rings. The zero-order chi connectivity index (χ0) is 21.6. The third kappa shape index (κ3) is 5.18. The third-order valence-corrected chi connectivity index (χ3v) is 5.68. The maximum Gasteiger partial charge on any atom is 0.253 e. The first-order valence-electron chi connectivity index (χ1n) is 10.6. The molecular weight excluding hydrogens is 391 g/mol. The highest BCUT2D eigenvalue weighted by Crippen LogP contribution is 2.23. The minimum atomic E-state index is -0.374. The maximum atomic E-state index is 13.2. The molecule has 0 aliphatic carbocycles. The number of nitrogens with one attached hydrogen (secondary N) is 1. The number of piperidine rings is 1. The fourth-order valence-corrected chi connectivity index (χ4v) is 4.00. The smallest absolute Gasteiger partial charge is 0.253 e. The Kier molecular flexibility index (Phi) is 6.41. The van der Waals surface area contributed by atoms with Gasteiger partial charge in [-0.2, -0.15) is 0 Å². The van der Waals surface area contributed by atoms with Crippen molar-refractivity contribution < 1.29 is 14.0 Å². The van der Waals surface area contributed by atoms with Crippen LogP contribution in [0.15, 0.2) is 78.9 Å². The molecule has 4 nitrogen and oxygen atoms in total. The number of amides is 2. The van der Waals surface area contributed by atoms with Gasteiger partial charge < -0.3 is 10.2 Å². The number of nitrogens with zero attached hydrogens (tertiary/aromatic N) is 1. The number of anilines is 1. The van der Waals surface area contributed by atoms with Gasteiger partial charge in [0.1, 0.15) is 5.82 Å². The van der Waals surface area contributed by atoms with Crippen LogP contribution < -0.4 is 5.32 Å². The Bertz CT molecular complexity index is 1050. The number of hydrogen-bond donors (Lipinski definition) is 1. The van der Waals surface area contributed by atoms with Crippen LogP contribution in [-0.4, -0.2) is 29.8 Å². The van der Waals surface area contributed by atoms with Crippen LogP contribution in [0.4, 0.5) is 10.1 Å². The van der Waals surface area contributed by atoms with Crippen molar-refractivity contribution in [3.8, 4) is 0 Å². The fraction of sp³-hybridized carbons (Fsp3) is 0.231. The van der Waals surface area contributed by atoms with Crippen LogP contribution in [0.1, 0.15) is 34.3 Å². The topological polar surface area (TPSA) is 49.4 Å². The highest BCUT2D eigenvalue weighted by Gasteiger charge is 2.29. The van der Waals surface area contributed by atoms with E-state index in [0.29, 0.717) is 18.7 Å². The van der Waals surface area contributed by atoms with Crippen molar-refractivity contribution >= 4 is 17.5 Å². The molecule has 2 amide bonds. The number of likely N-dealkylation sites (tertiary alicyclic amines) is 1. The average molecular weight is 416 g/mol. The van der Waals surface area contributed by atoms with E-state index in [4.69, 9.17) is 0 Å². The zero-order valence-electron chi connectivity index (χ0n) is 17.3. The molecule has 0 radical (unpaired) electrons. The van der Waals surface area contributed by atoms with Crippen molar-refractivity contribution in [2.45, 2.75) is 19.3 Å². The van der Waals surface area contributed by atoms with Gasteiger partial charge in [0.05, 0.1) is 5.92 Å². The van der Waals surface area contributed by atoms with E-state index < -0.39 is 0 Å². The van der Waals surface area contributed by atoms with Gasteiger partial charge in [-0.15, -0.1) is 0 Å². The number of para-hydroxylation sites is 1. The van der Waals surface area contributed by atoms with Crippen LogP contribution in [0.3, 0.4) is 0 Å². The molecule has 3 aromatic carbocycles. The van der Waals surface area contributed by atoms with Gasteiger partial charge in [-0.3, -0.25) is 9.59 Å². The first-order chi connectivity index (χ1) is 15.1. The predicted octanol–water partition coefficient (Wildman–Crippen LogP) is 4.91. The second-order valence-electron chi connectivity index (χ2n) is 7.91. The van der Waals surface area contributed by atoms with Gasteiger partial charge in [-0.1, -0.05) is 48.5 Å². The van der Waals surface area contributed by atoms with Crippen LogP contribution in [0.5, 0.6) is 0 Å². The summed E-state index contributed by atoms with van der Waals surface area (Å²) in [5.74, 6) is -0.886. The van der Waals surface area contributed by atoms with E-state index in [0.717, 1.165) is 30.5 Å². The number of benzene rings is 3. The summed E-state index contributed by atoms with van der Waals surface area (Å²) >= 11 is 0. The highest BCUT2D eigenvalue weighted by atomic mass is 19.1. The minimum absolute atomic E-state index is 0.0721. The molecule has 1 aliphatic heterocycles. The van der Waals surface area contributed by atoms with Gasteiger partial charge >= 0.3 is 0 Å². The molecule has 1 unspecified atom stereocenters. The van der Waals surface area contributed by atoms with Gasteiger partial charge in [-0.25, -0.2) is 4.39 Å². The first kappa shape index (κ1) is 20.8. The summed E-state index contributed by atoms with van der Waals surface area (Å²) in [4.78, 5) is 27.5. The van der Waals surface area contributed by atoms with Crippen molar-refractivity contribution in [1.82, 2.24) is 4.90 Å². The van der Waals surface area contributed by atoms with Gasteiger partial charge in [0.25, 0.3) is 5.91 Å². The summed E-state index contributed by atoms with van der Waals surface area (Å²) in [6, 6.07) is 23.5. The van der Waals surface area contributed by atoms with Crippen LogP contribution >= 0.6 is 0 Å². The van der Waals surface area contributed by atoms with Gasteiger partial charge in [0.2, 0.25) is 5.91 Å². The van der Waals surface area contributed by atoms with Gasteiger partial charge in [0, 0.05) is 24.3 Å². The molecule has 1 atom stereocenters. The van der Waals surface area contributed by atoms with Gasteiger partial charge in [-0.05, 0) is 60.7 Å². The second-order valence-corrected chi connectivity index (χ2v) is 7.91. The first-order valence-corrected chi connectivity index (χ1v) is 10.6. The largest absolute Gasteiger partial charge is 0.338 e. The Balaban J connectivity index is 1.43. The number of hydrogen-bond acceptors (Lipinski definition) is 2. The lowest BCUT2D eigenvalue weighted by atomic mass is 9.96. The quantitative estimate of drug-likeness (QED) is 0.643. The van der Waals surface area contributed by atoms with Gasteiger partial charge in [0.15, 0.2) is 0 Å². The van der Waals surface area contributed by atoms with Crippen molar-refractivity contribution in [2.24, 2.45) is 5.92 Å². The summed E-state index contributed by atoms with van der Waals surface area (Å²) in [5, 5.41) is 3.08. The molecule has 3 aromatic rings. The molecule has 0 saturated carbocycles. The van der Waals surface area contributed by atoms with E-state index in [2.05, 4.69) is 17.4 Å². The van der Waals surface area contributed by atoms with Crippen LogP contribution in [0.2, 0.25) is 0 Å². The summed E-state index contributed by atoms with van der Waals surface area (Å²) < 4.78 is 13.2. The normalized spacial score (nSPS) is 16.0. The van der Waals surface area contributed by atoms with Crippen LogP contribution in [-0.2, 0) is 11.2 Å². The molecule has 0 spiro atoms.